The number of hydrogen-bond acceptors (Lipinski definition) is 5. The Morgan fingerprint density at radius 3 is 2.39 bits per heavy atom. The number of aliphatic carboxylic acids is 1. The number of nitrogens with one attached hydrogen (secondary N) is 2. The molecule has 2 amide bonds. The number of halogens is 1. The fourth-order valence-corrected chi connectivity index (χ4v) is 3.86. The van der Waals surface area contributed by atoms with Crippen LogP contribution in [0.25, 0.3) is 11.1 Å². The van der Waals surface area contributed by atoms with Crippen molar-refractivity contribution in [2.24, 2.45) is 11.7 Å². The summed E-state index contributed by atoms with van der Waals surface area (Å²) in [6.45, 7) is 1.96. The van der Waals surface area contributed by atoms with E-state index in [-0.39, 0.29) is 37.1 Å². The fraction of sp³-hybridized carbons (Fsp3) is 0.375. The molecule has 1 aliphatic rings. The molecule has 4 bridgehead atoms. The van der Waals surface area contributed by atoms with Crippen molar-refractivity contribution in [3.8, 4) is 16.9 Å². The number of aromatic hydroxyl groups is 1. The number of phenolic OH excluding ortho intramolecular Hbond substituents is 1. The zero-order valence-corrected chi connectivity index (χ0v) is 18.3. The number of rotatable bonds is 4. The lowest BCUT2D eigenvalue weighted by molar-refractivity contribution is -0.142. The molecule has 1 aliphatic heterocycles. The quantitative estimate of drug-likeness (QED) is 0.473. The van der Waals surface area contributed by atoms with Crippen LogP contribution in [0, 0.1) is 11.7 Å². The molecule has 0 saturated heterocycles. The highest BCUT2D eigenvalue weighted by Gasteiger charge is 2.29. The predicted molar refractivity (Wildman–Crippen MR) is 120 cm³/mol. The smallest absolute Gasteiger partial charge is 0.326 e. The standard InChI is InChI=1S/C24H28FN3O5/c1-13-9-17-11-15(5-7-21(17)29)14-4-6-18(25)16(10-14)12-20(24(32)33)28-23(31)19(3-2-8-26)27-22(13)30/h4-7,10-11,13,19-20,29H,2-3,8-9,12,26H2,1H3,(H,27,30)(H,28,31)(H,32,33)/t13-,19-,20-/m0/s1. The van der Waals surface area contributed by atoms with E-state index in [2.05, 4.69) is 10.6 Å². The van der Waals surface area contributed by atoms with E-state index in [1.54, 1.807) is 25.1 Å². The molecule has 2 aromatic carbocycles. The Bertz CT molecular complexity index is 1060. The SMILES string of the molecule is C[C@H]1Cc2cc(ccc2O)-c2ccc(F)c(c2)C[C@@H](C(=O)O)NC(=O)[C@H](CCCN)NC1=O. The first-order valence-corrected chi connectivity index (χ1v) is 10.8. The van der Waals surface area contributed by atoms with E-state index in [0.29, 0.717) is 23.1 Å². The number of amides is 2. The molecule has 3 atom stereocenters. The van der Waals surface area contributed by atoms with Crippen LogP contribution >= 0.6 is 0 Å². The fourth-order valence-electron chi connectivity index (χ4n) is 3.86. The highest BCUT2D eigenvalue weighted by atomic mass is 19.1. The van der Waals surface area contributed by atoms with E-state index >= 15 is 0 Å². The maximum atomic E-state index is 14.5. The van der Waals surface area contributed by atoms with Crippen molar-refractivity contribution < 1.29 is 29.0 Å². The van der Waals surface area contributed by atoms with Gasteiger partial charge in [0.05, 0.1) is 0 Å². The normalized spacial score (nSPS) is 21.4. The summed E-state index contributed by atoms with van der Waals surface area (Å²) in [6.07, 6.45) is 0.587. The number of phenols is 1. The lowest BCUT2D eigenvalue weighted by Gasteiger charge is -2.23. The molecule has 0 aliphatic carbocycles. The van der Waals surface area contributed by atoms with Crippen LogP contribution in [0.15, 0.2) is 36.4 Å². The van der Waals surface area contributed by atoms with Gasteiger partial charge in [0.15, 0.2) is 0 Å². The summed E-state index contributed by atoms with van der Waals surface area (Å²) >= 11 is 0. The summed E-state index contributed by atoms with van der Waals surface area (Å²) in [5, 5.41) is 25.1. The van der Waals surface area contributed by atoms with E-state index in [1.165, 1.54) is 18.2 Å². The minimum Gasteiger partial charge on any atom is -0.508 e. The Balaban J connectivity index is 2.08. The van der Waals surface area contributed by atoms with Crippen LogP contribution in [0.5, 0.6) is 5.75 Å². The zero-order chi connectivity index (χ0) is 24.1. The molecule has 1 heterocycles. The van der Waals surface area contributed by atoms with Gasteiger partial charge in [-0.3, -0.25) is 9.59 Å². The number of fused-ring (bicyclic) bond motifs is 5. The first-order valence-electron chi connectivity index (χ1n) is 10.8. The van der Waals surface area contributed by atoms with E-state index < -0.39 is 41.6 Å². The summed E-state index contributed by atoms with van der Waals surface area (Å²) < 4.78 is 14.5. The zero-order valence-electron chi connectivity index (χ0n) is 18.3. The average molecular weight is 458 g/mol. The molecule has 0 fully saturated rings. The van der Waals surface area contributed by atoms with Gasteiger partial charge in [-0.1, -0.05) is 19.1 Å². The molecule has 3 rings (SSSR count). The lowest BCUT2D eigenvalue weighted by Crippen LogP contribution is -2.53. The van der Waals surface area contributed by atoms with E-state index in [1.807, 2.05) is 0 Å². The Labute approximate surface area is 191 Å². The van der Waals surface area contributed by atoms with Crippen molar-refractivity contribution in [2.75, 3.05) is 6.54 Å². The molecule has 0 spiro atoms. The third-order valence-corrected chi connectivity index (χ3v) is 5.80. The molecule has 0 unspecified atom stereocenters. The van der Waals surface area contributed by atoms with E-state index in [4.69, 9.17) is 5.73 Å². The Morgan fingerprint density at radius 2 is 1.73 bits per heavy atom. The van der Waals surface area contributed by atoms with Crippen molar-refractivity contribution in [3.05, 3.63) is 53.3 Å². The van der Waals surface area contributed by atoms with E-state index in [9.17, 15) is 29.0 Å². The summed E-state index contributed by atoms with van der Waals surface area (Å²) in [5.74, 6) is -3.56. The second-order valence-corrected chi connectivity index (χ2v) is 8.35. The van der Waals surface area contributed by atoms with E-state index in [0.717, 1.165) is 0 Å². The van der Waals surface area contributed by atoms with Crippen molar-refractivity contribution in [2.45, 2.75) is 44.7 Å². The maximum Gasteiger partial charge on any atom is 0.326 e. The van der Waals surface area contributed by atoms with Crippen LogP contribution in [-0.2, 0) is 27.2 Å². The van der Waals surface area contributed by atoms with Crippen LogP contribution in [0.1, 0.15) is 30.9 Å². The van der Waals surface area contributed by atoms with Crippen molar-refractivity contribution in [1.29, 1.82) is 0 Å². The van der Waals surface area contributed by atoms with Gasteiger partial charge in [-0.15, -0.1) is 0 Å². The number of benzene rings is 2. The number of hydrogen-bond donors (Lipinski definition) is 5. The predicted octanol–water partition coefficient (Wildman–Crippen LogP) is 1.73. The Kier molecular flexibility index (Phi) is 7.65. The molecule has 0 radical (unpaired) electrons. The monoisotopic (exact) mass is 457 g/mol. The minimum atomic E-state index is -1.39. The second kappa shape index (κ2) is 10.4. The Morgan fingerprint density at radius 1 is 1.06 bits per heavy atom. The number of carbonyl (C=O) groups excluding carboxylic acids is 2. The van der Waals surface area contributed by atoms with Crippen LogP contribution in [0.2, 0.25) is 0 Å². The van der Waals surface area contributed by atoms with Gasteiger partial charge in [0.1, 0.15) is 23.7 Å². The lowest BCUT2D eigenvalue weighted by atomic mass is 9.94. The van der Waals surface area contributed by atoms with Crippen molar-refractivity contribution >= 4 is 17.8 Å². The number of carboxylic acid groups (broad SMARTS) is 1. The Hall–Kier alpha value is -3.46. The highest BCUT2D eigenvalue weighted by molar-refractivity contribution is 5.91. The maximum absolute atomic E-state index is 14.5. The summed E-state index contributed by atoms with van der Waals surface area (Å²) in [6, 6.07) is 6.84. The number of carbonyl (C=O) groups is 3. The van der Waals surface area contributed by atoms with Crippen LogP contribution < -0.4 is 16.4 Å². The molecule has 8 nitrogen and oxygen atoms in total. The molecular weight excluding hydrogens is 429 g/mol. The minimum absolute atomic E-state index is 0.0217. The molecule has 33 heavy (non-hydrogen) atoms. The first kappa shape index (κ1) is 24.2. The number of carboxylic acids is 1. The average Bonchev–Trinajstić information content (AvgIpc) is 2.78. The second-order valence-electron chi connectivity index (χ2n) is 8.35. The van der Waals surface area contributed by atoms with Crippen LogP contribution in [0.4, 0.5) is 4.39 Å². The number of nitrogens with two attached hydrogens (primary N) is 1. The van der Waals surface area contributed by atoms with Crippen molar-refractivity contribution in [3.63, 3.8) is 0 Å². The van der Waals surface area contributed by atoms with Gasteiger partial charge >= 0.3 is 5.97 Å². The molecular formula is C24H28FN3O5. The summed E-state index contributed by atoms with van der Waals surface area (Å²) in [4.78, 5) is 37.5. The highest BCUT2D eigenvalue weighted by Crippen LogP contribution is 2.29. The molecule has 6 N–H and O–H groups in total. The van der Waals surface area contributed by atoms with Gasteiger partial charge in [0.2, 0.25) is 11.8 Å². The first-order chi connectivity index (χ1) is 15.7. The van der Waals surface area contributed by atoms with Gasteiger partial charge in [0, 0.05) is 12.3 Å². The van der Waals surface area contributed by atoms with Gasteiger partial charge in [0.25, 0.3) is 0 Å². The third-order valence-electron chi connectivity index (χ3n) is 5.80. The summed E-state index contributed by atoms with van der Waals surface area (Å²) in [7, 11) is 0. The van der Waals surface area contributed by atoms with Gasteiger partial charge in [-0.2, -0.15) is 0 Å². The molecule has 0 aromatic heterocycles. The molecule has 9 heteroatoms. The summed E-state index contributed by atoms with van der Waals surface area (Å²) in [5.41, 5.74) is 7.51. The molecule has 176 valence electrons. The van der Waals surface area contributed by atoms with Gasteiger partial charge in [-0.25, -0.2) is 9.18 Å². The van der Waals surface area contributed by atoms with Gasteiger partial charge < -0.3 is 26.6 Å². The topological polar surface area (TPSA) is 142 Å². The molecule has 2 aromatic rings. The van der Waals surface area contributed by atoms with Crippen molar-refractivity contribution in [1.82, 2.24) is 10.6 Å². The van der Waals surface area contributed by atoms with Crippen LogP contribution in [0.3, 0.4) is 0 Å². The molecule has 0 saturated carbocycles. The van der Waals surface area contributed by atoms with Gasteiger partial charge in [-0.05, 0) is 72.3 Å². The third kappa shape index (κ3) is 5.87. The largest absolute Gasteiger partial charge is 0.508 e. The van der Waals surface area contributed by atoms with Crippen LogP contribution in [-0.4, -0.2) is 46.6 Å².